The predicted molar refractivity (Wildman–Crippen MR) is 132 cm³/mol. The van der Waals surface area contributed by atoms with Crippen LogP contribution in [-0.4, -0.2) is 40.3 Å². The van der Waals surface area contributed by atoms with E-state index in [-0.39, 0.29) is 12.0 Å². The summed E-state index contributed by atoms with van der Waals surface area (Å²) in [6.07, 6.45) is 6.27. The Hall–Kier alpha value is -3.50. The lowest BCUT2D eigenvalue weighted by molar-refractivity contribution is -0.117. The third kappa shape index (κ3) is 4.22. The Kier molecular flexibility index (Phi) is 5.93. The first-order chi connectivity index (χ1) is 16.4. The minimum absolute atomic E-state index is 0.151. The molecule has 2 N–H and O–H groups in total. The lowest BCUT2D eigenvalue weighted by Crippen LogP contribution is -2.24. The number of aromatic nitrogens is 2. The summed E-state index contributed by atoms with van der Waals surface area (Å²) in [4.78, 5) is 22.8. The average Bonchev–Trinajstić information content (AvgIpc) is 3.24. The van der Waals surface area contributed by atoms with Crippen LogP contribution in [0.5, 0.6) is 11.6 Å². The van der Waals surface area contributed by atoms with Crippen molar-refractivity contribution in [3.8, 4) is 22.8 Å². The predicted octanol–water partition coefficient (Wildman–Crippen LogP) is 4.18. The monoisotopic (exact) mass is 479 g/mol. The van der Waals surface area contributed by atoms with Gasteiger partial charge in [0.05, 0.1) is 30.4 Å². The van der Waals surface area contributed by atoms with Crippen LogP contribution >= 0.6 is 0 Å². The summed E-state index contributed by atoms with van der Waals surface area (Å²) < 4.78 is 25.9. The van der Waals surface area contributed by atoms with Gasteiger partial charge in [-0.2, -0.15) is 0 Å². The molecule has 0 radical (unpaired) electrons. The Labute approximate surface area is 200 Å². The number of carbonyl (C=O) groups excluding carboxylic acids is 1. The molecule has 0 spiro atoms. The van der Waals surface area contributed by atoms with Gasteiger partial charge in [-0.15, -0.1) is 0 Å². The van der Waals surface area contributed by atoms with Gasteiger partial charge in [-0.25, -0.2) is 14.7 Å². The molecule has 176 valence electrons. The van der Waals surface area contributed by atoms with Crippen molar-refractivity contribution >= 4 is 40.1 Å². The van der Waals surface area contributed by atoms with Crippen molar-refractivity contribution in [3.05, 3.63) is 48.3 Å². The van der Waals surface area contributed by atoms with Gasteiger partial charge < -0.3 is 24.2 Å². The second-order valence-corrected chi connectivity index (χ2v) is 9.32. The van der Waals surface area contributed by atoms with Crippen molar-refractivity contribution in [2.75, 3.05) is 34.8 Å². The van der Waals surface area contributed by atoms with Crippen molar-refractivity contribution in [2.24, 2.45) is 0 Å². The molecule has 34 heavy (non-hydrogen) atoms. The van der Waals surface area contributed by atoms with Crippen molar-refractivity contribution in [3.63, 3.8) is 0 Å². The summed E-state index contributed by atoms with van der Waals surface area (Å²) in [5.41, 5.74) is 5.01. The summed E-state index contributed by atoms with van der Waals surface area (Å²) in [5, 5.41) is 3.25. The van der Waals surface area contributed by atoms with E-state index in [9.17, 15) is 9.35 Å². The summed E-state index contributed by atoms with van der Waals surface area (Å²) in [6.45, 7) is 2.73. The summed E-state index contributed by atoms with van der Waals surface area (Å²) in [5.74, 6) is 1.89. The van der Waals surface area contributed by atoms with Crippen LogP contribution in [0, 0.1) is 0 Å². The van der Waals surface area contributed by atoms with Crippen LogP contribution in [0.25, 0.3) is 11.1 Å². The van der Waals surface area contributed by atoms with Gasteiger partial charge in [0.25, 0.3) is 0 Å². The normalized spacial score (nSPS) is 17.5. The molecule has 0 bridgehead atoms. The number of amides is 1. The number of nitrogens with one attached hydrogen (secondary N) is 2. The molecule has 4 heterocycles. The molecular weight excluding hydrogens is 454 g/mol. The fraction of sp³-hybridized carbons (Fsp3) is 0.292. The molecule has 2 aliphatic rings. The van der Waals surface area contributed by atoms with Gasteiger partial charge in [-0.1, -0.05) is 0 Å². The maximum atomic E-state index is 12.1. The number of anilines is 4. The number of rotatable bonds is 6. The van der Waals surface area contributed by atoms with Crippen molar-refractivity contribution in [1.82, 2.24) is 9.97 Å². The van der Waals surface area contributed by atoms with Crippen molar-refractivity contribution in [2.45, 2.75) is 25.9 Å². The van der Waals surface area contributed by atoms with Crippen LogP contribution in [-0.2, 0) is 16.2 Å². The lowest BCUT2D eigenvalue weighted by atomic mass is 9.94. The SMILES string of the molecule is COc1ncc(Nc2cc3c(cn2)-c2ccc(N4CCCC4=O)cc2OC3C)cc1N[S+](C)[O-]. The smallest absolute Gasteiger partial charge is 0.241 e. The zero-order valence-electron chi connectivity index (χ0n) is 19.1. The Morgan fingerprint density at radius 2 is 2.06 bits per heavy atom. The molecule has 10 heteroatoms. The fourth-order valence-corrected chi connectivity index (χ4v) is 4.79. The minimum atomic E-state index is -1.27. The van der Waals surface area contributed by atoms with E-state index in [4.69, 9.17) is 9.47 Å². The minimum Gasteiger partial charge on any atom is -0.593 e. The molecule has 2 unspecified atom stereocenters. The third-order valence-electron chi connectivity index (χ3n) is 5.89. The van der Waals surface area contributed by atoms with Gasteiger partial charge in [0.15, 0.2) is 0 Å². The molecule has 1 amide bonds. The van der Waals surface area contributed by atoms with E-state index < -0.39 is 11.4 Å². The van der Waals surface area contributed by atoms with Gasteiger partial charge in [-0.3, -0.25) is 4.79 Å². The van der Waals surface area contributed by atoms with E-state index in [1.807, 2.05) is 42.3 Å². The number of pyridine rings is 2. The zero-order chi connectivity index (χ0) is 23.8. The lowest BCUT2D eigenvalue weighted by Gasteiger charge is -2.28. The van der Waals surface area contributed by atoms with Gasteiger partial charge in [0.2, 0.25) is 11.8 Å². The molecule has 0 aliphatic carbocycles. The Balaban J connectivity index is 1.43. The molecule has 0 saturated carbocycles. The highest BCUT2D eigenvalue weighted by Crippen LogP contribution is 2.44. The summed E-state index contributed by atoms with van der Waals surface area (Å²) >= 11 is -1.27. The van der Waals surface area contributed by atoms with Gasteiger partial charge in [0.1, 0.15) is 29.6 Å². The maximum Gasteiger partial charge on any atom is 0.241 e. The van der Waals surface area contributed by atoms with Crippen LogP contribution in [0.15, 0.2) is 42.7 Å². The number of nitrogens with zero attached hydrogens (tertiary/aromatic N) is 3. The van der Waals surface area contributed by atoms with Gasteiger partial charge in [0, 0.05) is 47.6 Å². The number of hydrogen-bond donors (Lipinski definition) is 2. The molecule has 2 aromatic heterocycles. The molecule has 2 atom stereocenters. The molecular formula is C24H25N5O4S. The molecule has 2 aliphatic heterocycles. The number of ether oxygens (including phenoxy) is 2. The molecule has 1 aromatic carbocycles. The summed E-state index contributed by atoms with van der Waals surface area (Å²) in [6, 6.07) is 9.62. The Morgan fingerprint density at radius 1 is 1.21 bits per heavy atom. The Bertz CT molecular complexity index is 1250. The third-order valence-corrected chi connectivity index (χ3v) is 6.40. The number of carbonyl (C=O) groups is 1. The molecule has 1 fully saturated rings. The highest BCUT2D eigenvalue weighted by molar-refractivity contribution is 7.92. The first-order valence-corrected chi connectivity index (χ1v) is 12.5. The topological polar surface area (TPSA) is 112 Å². The molecule has 3 aromatic rings. The van der Waals surface area contributed by atoms with Crippen LogP contribution in [0.4, 0.5) is 22.9 Å². The highest BCUT2D eigenvalue weighted by Gasteiger charge is 2.27. The largest absolute Gasteiger partial charge is 0.593 e. The highest BCUT2D eigenvalue weighted by atomic mass is 32.2. The molecule has 9 nitrogen and oxygen atoms in total. The summed E-state index contributed by atoms with van der Waals surface area (Å²) in [7, 11) is 1.51. The van der Waals surface area contributed by atoms with Crippen LogP contribution in [0.3, 0.4) is 0 Å². The average molecular weight is 480 g/mol. The number of hydrogen-bond acceptors (Lipinski definition) is 8. The van der Waals surface area contributed by atoms with E-state index >= 15 is 0 Å². The first kappa shape index (κ1) is 22.3. The van der Waals surface area contributed by atoms with E-state index in [1.165, 1.54) is 13.4 Å². The van der Waals surface area contributed by atoms with Crippen LogP contribution < -0.4 is 24.4 Å². The fourth-order valence-electron chi connectivity index (χ4n) is 4.33. The second-order valence-electron chi connectivity index (χ2n) is 8.21. The van der Waals surface area contributed by atoms with E-state index in [0.29, 0.717) is 29.5 Å². The maximum absolute atomic E-state index is 12.1. The first-order valence-electron chi connectivity index (χ1n) is 11.0. The van der Waals surface area contributed by atoms with E-state index in [2.05, 4.69) is 20.0 Å². The number of benzene rings is 1. The number of methoxy groups -OCH3 is 1. The van der Waals surface area contributed by atoms with E-state index in [0.717, 1.165) is 41.1 Å². The van der Waals surface area contributed by atoms with Crippen molar-refractivity contribution in [1.29, 1.82) is 0 Å². The molecule has 1 saturated heterocycles. The Morgan fingerprint density at radius 3 is 2.79 bits per heavy atom. The van der Waals surface area contributed by atoms with Crippen LogP contribution in [0.2, 0.25) is 0 Å². The van der Waals surface area contributed by atoms with Gasteiger partial charge in [-0.05, 0) is 37.6 Å². The van der Waals surface area contributed by atoms with Gasteiger partial charge >= 0.3 is 0 Å². The van der Waals surface area contributed by atoms with E-state index in [1.54, 1.807) is 12.3 Å². The second kappa shape index (κ2) is 9.03. The van der Waals surface area contributed by atoms with Crippen molar-refractivity contribution < 1.29 is 18.8 Å². The standard InChI is InChI=1S/C24H25N5O4S/c1-14-18-11-22(27-15-9-20(28-34(3)31)24(32-2)26-12-15)25-13-19(18)17-7-6-16(10-21(17)33-14)29-8-4-5-23(29)30/h6-7,9-14,28H,4-5,8H2,1-3H3,(H,25,27). The quantitative estimate of drug-likeness (QED) is 0.507. The zero-order valence-corrected chi connectivity index (χ0v) is 19.9. The van der Waals surface area contributed by atoms with Crippen LogP contribution in [0.1, 0.15) is 31.4 Å². The number of fused-ring (bicyclic) bond motifs is 3. The molecule has 5 rings (SSSR count).